The summed E-state index contributed by atoms with van der Waals surface area (Å²) in [6, 6.07) is 6.84. The van der Waals surface area contributed by atoms with Gasteiger partial charge in [-0.25, -0.2) is 0 Å². The Morgan fingerprint density at radius 2 is 1.86 bits per heavy atom. The van der Waals surface area contributed by atoms with E-state index in [0.717, 1.165) is 5.56 Å². The lowest BCUT2D eigenvalue weighted by Crippen LogP contribution is -2.01. The van der Waals surface area contributed by atoms with Crippen molar-refractivity contribution in [3.05, 3.63) is 29.8 Å². The van der Waals surface area contributed by atoms with Crippen molar-refractivity contribution >= 4 is 10.2 Å². The molecule has 0 saturated carbocycles. The van der Waals surface area contributed by atoms with E-state index < -0.39 is 16.0 Å². The van der Waals surface area contributed by atoms with Crippen molar-refractivity contribution in [3.8, 4) is 5.75 Å². The van der Waals surface area contributed by atoms with Gasteiger partial charge in [0.1, 0.15) is 5.75 Å². The Morgan fingerprint density at radius 3 is 2.29 bits per heavy atom. The molecule has 3 nitrogen and oxygen atoms in total. The van der Waals surface area contributed by atoms with Gasteiger partial charge in [0.15, 0.2) is 0 Å². The minimum atomic E-state index is -4.37. The first-order valence-electron chi connectivity index (χ1n) is 4.06. The molecule has 0 aliphatic heterocycles. The molecule has 1 rings (SSSR count). The summed E-state index contributed by atoms with van der Waals surface area (Å²) in [5.41, 5.74) is 0.770. The monoisotopic (exact) mass is 218 g/mol. The smallest absolute Gasteiger partial charge is 0.302 e. The van der Waals surface area contributed by atoms with Crippen LogP contribution < -0.4 is 4.74 Å². The molecule has 1 aromatic rings. The van der Waals surface area contributed by atoms with Crippen LogP contribution in [0.15, 0.2) is 24.3 Å². The summed E-state index contributed by atoms with van der Waals surface area (Å²) in [6.07, 6.45) is 0.183. The Kier molecular flexibility index (Phi) is 3.46. The molecule has 0 saturated heterocycles. The van der Waals surface area contributed by atoms with Crippen molar-refractivity contribution in [1.29, 1.82) is 0 Å². The normalized spacial score (nSPS) is 11.3. The van der Waals surface area contributed by atoms with Gasteiger partial charge in [-0.1, -0.05) is 12.1 Å². The second-order valence-electron chi connectivity index (χ2n) is 2.84. The van der Waals surface area contributed by atoms with E-state index in [2.05, 4.69) is 0 Å². The Hall–Kier alpha value is -1.10. The second-order valence-corrected chi connectivity index (χ2v) is 4.33. The van der Waals surface area contributed by atoms with Gasteiger partial charge in [-0.15, -0.1) is 3.89 Å². The van der Waals surface area contributed by atoms with Gasteiger partial charge < -0.3 is 4.74 Å². The summed E-state index contributed by atoms with van der Waals surface area (Å²) >= 11 is 0. The maximum atomic E-state index is 12.2. The topological polar surface area (TPSA) is 43.4 Å². The van der Waals surface area contributed by atoms with Crippen LogP contribution in [0.4, 0.5) is 3.89 Å². The van der Waals surface area contributed by atoms with Crippen LogP contribution >= 0.6 is 0 Å². The molecule has 0 heterocycles. The third kappa shape index (κ3) is 3.74. The van der Waals surface area contributed by atoms with Crippen LogP contribution in [-0.2, 0) is 16.6 Å². The van der Waals surface area contributed by atoms with Crippen LogP contribution in [0.2, 0.25) is 0 Å². The predicted molar refractivity (Wildman–Crippen MR) is 51.6 cm³/mol. The van der Waals surface area contributed by atoms with Gasteiger partial charge >= 0.3 is 10.2 Å². The standard InChI is InChI=1S/C9H11FO3S/c1-13-9-4-2-8(3-5-9)6-7-14(10,11)12/h2-5H,6-7H2,1H3. The third-order valence-corrected chi connectivity index (χ3v) is 2.49. The Labute approximate surface area is 82.7 Å². The number of hydrogen-bond acceptors (Lipinski definition) is 3. The SMILES string of the molecule is COc1ccc(CCS(=O)(=O)F)cc1. The number of halogens is 1. The van der Waals surface area contributed by atoms with E-state index in [-0.39, 0.29) is 6.42 Å². The largest absolute Gasteiger partial charge is 0.497 e. The van der Waals surface area contributed by atoms with E-state index >= 15 is 0 Å². The lowest BCUT2D eigenvalue weighted by Gasteiger charge is -2.01. The zero-order chi connectivity index (χ0) is 10.6. The van der Waals surface area contributed by atoms with Gasteiger partial charge in [-0.2, -0.15) is 8.42 Å². The van der Waals surface area contributed by atoms with E-state index in [1.807, 2.05) is 0 Å². The molecule has 0 spiro atoms. The maximum absolute atomic E-state index is 12.2. The van der Waals surface area contributed by atoms with Gasteiger partial charge in [0.2, 0.25) is 0 Å². The molecule has 0 aromatic heterocycles. The third-order valence-electron chi connectivity index (χ3n) is 1.79. The van der Waals surface area contributed by atoms with Gasteiger partial charge in [0, 0.05) is 0 Å². The zero-order valence-electron chi connectivity index (χ0n) is 7.73. The summed E-state index contributed by atoms with van der Waals surface area (Å²) in [6.45, 7) is 0. The van der Waals surface area contributed by atoms with E-state index in [9.17, 15) is 12.3 Å². The van der Waals surface area contributed by atoms with Crippen molar-refractivity contribution in [2.45, 2.75) is 6.42 Å². The van der Waals surface area contributed by atoms with Gasteiger partial charge in [0.25, 0.3) is 0 Å². The Balaban J connectivity index is 2.61. The fourth-order valence-corrected chi connectivity index (χ4v) is 1.51. The molecular weight excluding hydrogens is 207 g/mol. The number of methoxy groups -OCH3 is 1. The quantitative estimate of drug-likeness (QED) is 0.720. The molecule has 0 aliphatic rings. The van der Waals surface area contributed by atoms with E-state index in [4.69, 9.17) is 4.74 Å². The van der Waals surface area contributed by atoms with Crippen LogP contribution in [0.25, 0.3) is 0 Å². The van der Waals surface area contributed by atoms with Crippen molar-refractivity contribution in [2.24, 2.45) is 0 Å². The molecule has 1 aromatic carbocycles. The lowest BCUT2D eigenvalue weighted by molar-refractivity contribution is 0.414. The molecule has 0 amide bonds. The Bertz CT molecular complexity index is 383. The fraction of sp³-hybridized carbons (Fsp3) is 0.333. The predicted octanol–water partition coefficient (Wildman–Crippen LogP) is 1.54. The van der Waals surface area contributed by atoms with Gasteiger partial charge in [-0.05, 0) is 24.1 Å². The summed E-state index contributed by atoms with van der Waals surface area (Å²) < 4.78 is 37.6. The Morgan fingerprint density at radius 1 is 1.29 bits per heavy atom. The molecule has 14 heavy (non-hydrogen) atoms. The van der Waals surface area contributed by atoms with Gasteiger partial charge in [0.05, 0.1) is 12.9 Å². The first kappa shape index (κ1) is 11.0. The fourth-order valence-electron chi connectivity index (χ4n) is 1.03. The van der Waals surface area contributed by atoms with E-state index in [1.165, 1.54) is 0 Å². The highest BCUT2D eigenvalue weighted by atomic mass is 32.3. The molecule has 0 aliphatic carbocycles. The summed E-state index contributed by atoms with van der Waals surface area (Å²) in [5, 5.41) is 0. The van der Waals surface area contributed by atoms with Crippen molar-refractivity contribution in [1.82, 2.24) is 0 Å². The molecule has 5 heteroatoms. The summed E-state index contributed by atoms with van der Waals surface area (Å²) in [5.74, 6) is 0.219. The highest BCUT2D eigenvalue weighted by Gasteiger charge is 2.06. The van der Waals surface area contributed by atoms with Crippen molar-refractivity contribution in [3.63, 3.8) is 0 Å². The first-order valence-corrected chi connectivity index (χ1v) is 5.62. The van der Waals surface area contributed by atoms with Crippen LogP contribution in [0.1, 0.15) is 5.56 Å². The van der Waals surface area contributed by atoms with Crippen LogP contribution in [0, 0.1) is 0 Å². The summed E-state index contributed by atoms with van der Waals surface area (Å²) in [7, 11) is -2.83. The second kappa shape index (κ2) is 4.41. The molecule has 0 radical (unpaired) electrons. The minimum absolute atomic E-state index is 0.183. The average molecular weight is 218 g/mol. The lowest BCUT2D eigenvalue weighted by atomic mass is 10.2. The van der Waals surface area contributed by atoms with Crippen LogP contribution in [-0.4, -0.2) is 21.3 Å². The highest BCUT2D eigenvalue weighted by molar-refractivity contribution is 7.86. The van der Waals surface area contributed by atoms with E-state index in [0.29, 0.717) is 5.75 Å². The molecule has 0 bridgehead atoms. The number of rotatable bonds is 4. The number of benzene rings is 1. The molecule has 0 atom stereocenters. The average Bonchev–Trinajstić information content (AvgIpc) is 2.14. The summed E-state index contributed by atoms with van der Waals surface area (Å²) in [4.78, 5) is 0. The van der Waals surface area contributed by atoms with E-state index in [1.54, 1.807) is 31.4 Å². The number of aryl methyl sites for hydroxylation is 1. The van der Waals surface area contributed by atoms with Crippen molar-refractivity contribution in [2.75, 3.05) is 12.9 Å². The molecule has 78 valence electrons. The molecule has 0 fully saturated rings. The number of hydrogen-bond donors (Lipinski definition) is 0. The number of ether oxygens (including phenoxy) is 1. The maximum Gasteiger partial charge on any atom is 0.302 e. The van der Waals surface area contributed by atoms with Crippen LogP contribution in [0.5, 0.6) is 5.75 Å². The zero-order valence-corrected chi connectivity index (χ0v) is 8.55. The van der Waals surface area contributed by atoms with Gasteiger partial charge in [-0.3, -0.25) is 0 Å². The molecule has 0 unspecified atom stereocenters. The highest BCUT2D eigenvalue weighted by Crippen LogP contribution is 2.12. The molecule has 0 N–H and O–H groups in total. The molecular formula is C9H11FO3S. The van der Waals surface area contributed by atoms with Crippen LogP contribution in [0.3, 0.4) is 0 Å². The first-order chi connectivity index (χ1) is 6.51. The minimum Gasteiger partial charge on any atom is -0.497 e. The van der Waals surface area contributed by atoms with Crippen molar-refractivity contribution < 1.29 is 17.0 Å².